The van der Waals surface area contributed by atoms with Crippen LogP contribution in [-0.2, 0) is 22.7 Å². The Bertz CT molecular complexity index is 1610. The van der Waals surface area contributed by atoms with Crippen molar-refractivity contribution in [3.05, 3.63) is 119 Å². The molecule has 1 amide bonds. The summed E-state index contributed by atoms with van der Waals surface area (Å²) in [5.74, 6) is 0.345. The van der Waals surface area contributed by atoms with Crippen molar-refractivity contribution in [2.45, 2.75) is 45.9 Å². The first-order valence-corrected chi connectivity index (χ1v) is 14.3. The van der Waals surface area contributed by atoms with Gasteiger partial charge in [-0.25, -0.2) is 0 Å². The van der Waals surface area contributed by atoms with E-state index in [0.717, 1.165) is 24.0 Å². The number of hydrogen-bond donors (Lipinski definition) is 1. The van der Waals surface area contributed by atoms with E-state index in [2.05, 4.69) is 13.0 Å². The monoisotopic (exact) mass is 581 g/mol. The molecular weight excluding hydrogens is 546 g/mol. The van der Waals surface area contributed by atoms with Gasteiger partial charge in [0.1, 0.15) is 23.9 Å². The summed E-state index contributed by atoms with van der Waals surface area (Å²) < 4.78 is 22.9. The van der Waals surface area contributed by atoms with Gasteiger partial charge >= 0.3 is 0 Å². The Morgan fingerprint density at radius 1 is 0.953 bits per heavy atom. The fourth-order valence-electron chi connectivity index (χ4n) is 5.09. The topological polar surface area (TPSA) is 98.4 Å². The van der Waals surface area contributed by atoms with Crippen LogP contribution in [0.15, 0.2) is 95.1 Å². The molecule has 0 radical (unpaired) electrons. The van der Waals surface area contributed by atoms with Crippen molar-refractivity contribution in [3.8, 4) is 17.2 Å². The largest absolute Gasteiger partial charge is 0.507 e. The van der Waals surface area contributed by atoms with E-state index in [1.165, 1.54) is 18.3 Å². The number of hydrogen-bond acceptors (Lipinski definition) is 7. The van der Waals surface area contributed by atoms with Gasteiger partial charge in [-0.05, 0) is 73.0 Å². The summed E-state index contributed by atoms with van der Waals surface area (Å²) in [7, 11) is 1.54. The zero-order chi connectivity index (χ0) is 30.3. The molecule has 0 saturated carbocycles. The molecule has 43 heavy (non-hydrogen) atoms. The highest BCUT2D eigenvalue weighted by Gasteiger charge is 2.46. The molecule has 4 aromatic rings. The number of aryl methyl sites for hydroxylation is 1. The highest BCUT2D eigenvalue weighted by atomic mass is 16.5. The molecule has 0 aliphatic carbocycles. The second-order valence-corrected chi connectivity index (χ2v) is 10.4. The first-order chi connectivity index (χ1) is 20.9. The number of methoxy groups -OCH3 is 1. The van der Waals surface area contributed by atoms with Crippen LogP contribution in [0, 0.1) is 6.92 Å². The van der Waals surface area contributed by atoms with Crippen LogP contribution in [0.1, 0.15) is 53.8 Å². The minimum atomic E-state index is -0.888. The van der Waals surface area contributed by atoms with Crippen molar-refractivity contribution < 1.29 is 33.3 Å². The van der Waals surface area contributed by atoms with Gasteiger partial charge in [0.25, 0.3) is 11.7 Å². The van der Waals surface area contributed by atoms with E-state index in [9.17, 15) is 14.7 Å². The Balaban J connectivity index is 1.48. The van der Waals surface area contributed by atoms with Crippen molar-refractivity contribution in [2.75, 3.05) is 13.7 Å². The second kappa shape index (κ2) is 13.3. The van der Waals surface area contributed by atoms with E-state index < -0.39 is 17.7 Å². The fraction of sp³-hybridized carbons (Fsp3) is 0.257. The number of carbonyl (C=O) groups excluding carboxylic acids is 2. The van der Waals surface area contributed by atoms with Gasteiger partial charge in [0.15, 0.2) is 11.5 Å². The Morgan fingerprint density at radius 3 is 2.47 bits per heavy atom. The zero-order valence-electron chi connectivity index (χ0n) is 24.5. The van der Waals surface area contributed by atoms with Gasteiger partial charge in [-0.15, -0.1) is 0 Å². The number of furan rings is 1. The smallest absolute Gasteiger partial charge is 0.296 e. The Labute approximate surface area is 251 Å². The third-order valence-corrected chi connectivity index (χ3v) is 7.32. The van der Waals surface area contributed by atoms with E-state index >= 15 is 0 Å². The standard InChI is InChI=1S/C35H35NO7/c1-4-5-17-42-29-16-13-26(20-30(29)40-3)32-31(34(38)35(39)36(32)21-28-10-7-18-41-28)33(37)25-11-14-27(15-12-25)43-22-24-9-6-8-23(2)19-24/h6-16,18-20,32,37H,4-5,17,21-22H2,1-3H3/b33-31+. The lowest BCUT2D eigenvalue weighted by Gasteiger charge is -2.25. The maximum Gasteiger partial charge on any atom is 0.296 e. The molecule has 1 aliphatic rings. The second-order valence-electron chi connectivity index (χ2n) is 10.4. The van der Waals surface area contributed by atoms with Crippen molar-refractivity contribution in [1.29, 1.82) is 0 Å². The van der Waals surface area contributed by atoms with Crippen molar-refractivity contribution in [1.82, 2.24) is 4.90 Å². The summed E-state index contributed by atoms with van der Waals surface area (Å²) in [6.07, 6.45) is 3.39. The van der Waals surface area contributed by atoms with Gasteiger partial charge in [-0.1, -0.05) is 49.2 Å². The molecule has 2 heterocycles. The molecule has 1 atom stereocenters. The van der Waals surface area contributed by atoms with Gasteiger partial charge in [0.2, 0.25) is 0 Å². The number of nitrogens with zero attached hydrogens (tertiary/aromatic N) is 1. The Hall–Kier alpha value is -4.98. The molecule has 1 N–H and O–H groups in total. The highest BCUT2D eigenvalue weighted by molar-refractivity contribution is 6.46. The van der Waals surface area contributed by atoms with Crippen LogP contribution >= 0.6 is 0 Å². The zero-order valence-corrected chi connectivity index (χ0v) is 24.5. The van der Waals surface area contributed by atoms with Gasteiger partial charge in [0, 0.05) is 5.56 Å². The number of benzene rings is 3. The molecule has 1 unspecified atom stereocenters. The Morgan fingerprint density at radius 2 is 1.77 bits per heavy atom. The number of Topliss-reactive ketones (excluding diaryl/α,β-unsaturated/α-hetero) is 1. The van der Waals surface area contributed by atoms with Gasteiger partial charge in [-0.3, -0.25) is 9.59 Å². The highest BCUT2D eigenvalue weighted by Crippen LogP contribution is 2.43. The average Bonchev–Trinajstić information content (AvgIpc) is 3.63. The van der Waals surface area contributed by atoms with E-state index in [4.69, 9.17) is 18.6 Å². The maximum atomic E-state index is 13.5. The summed E-state index contributed by atoms with van der Waals surface area (Å²) in [6, 6.07) is 22.7. The first kappa shape index (κ1) is 29.5. The molecule has 0 bridgehead atoms. The molecule has 8 nitrogen and oxygen atoms in total. The van der Waals surface area contributed by atoms with Gasteiger partial charge in [-0.2, -0.15) is 0 Å². The summed E-state index contributed by atoms with van der Waals surface area (Å²) in [5.41, 5.74) is 3.14. The third kappa shape index (κ3) is 6.59. The number of rotatable bonds is 12. The molecule has 5 rings (SSSR count). The predicted molar refractivity (Wildman–Crippen MR) is 162 cm³/mol. The normalized spacial score (nSPS) is 16.0. The quantitative estimate of drug-likeness (QED) is 0.0834. The molecule has 222 valence electrons. The van der Waals surface area contributed by atoms with Crippen LogP contribution in [0.4, 0.5) is 0 Å². The van der Waals surface area contributed by atoms with Crippen LogP contribution < -0.4 is 14.2 Å². The molecule has 1 aliphatic heterocycles. The summed E-state index contributed by atoms with van der Waals surface area (Å²) in [5, 5.41) is 11.5. The minimum absolute atomic E-state index is 0.0216. The number of unbranched alkanes of at least 4 members (excludes halogenated alkanes) is 1. The molecule has 8 heteroatoms. The molecular formula is C35H35NO7. The number of carbonyl (C=O) groups is 2. The van der Waals surface area contributed by atoms with Crippen LogP contribution in [0.2, 0.25) is 0 Å². The lowest BCUT2D eigenvalue weighted by molar-refractivity contribution is -0.140. The molecule has 1 fully saturated rings. The average molecular weight is 582 g/mol. The lowest BCUT2D eigenvalue weighted by Crippen LogP contribution is -2.29. The van der Waals surface area contributed by atoms with Crippen molar-refractivity contribution >= 4 is 17.4 Å². The van der Waals surface area contributed by atoms with Crippen LogP contribution in [0.3, 0.4) is 0 Å². The number of amides is 1. The van der Waals surface area contributed by atoms with Crippen molar-refractivity contribution in [3.63, 3.8) is 0 Å². The molecule has 1 saturated heterocycles. The van der Waals surface area contributed by atoms with Crippen molar-refractivity contribution in [2.24, 2.45) is 0 Å². The summed E-state index contributed by atoms with van der Waals surface area (Å²) >= 11 is 0. The summed E-state index contributed by atoms with van der Waals surface area (Å²) in [6.45, 7) is 5.08. The van der Waals surface area contributed by atoms with Gasteiger partial charge < -0.3 is 28.6 Å². The minimum Gasteiger partial charge on any atom is -0.507 e. The number of likely N-dealkylation sites (tertiary alicyclic amines) is 1. The number of aliphatic hydroxyl groups excluding tert-OH is 1. The third-order valence-electron chi connectivity index (χ3n) is 7.32. The number of aliphatic hydroxyl groups is 1. The van der Waals surface area contributed by atoms with E-state index in [-0.39, 0.29) is 17.9 Å². The lowest BCUT2D eigenvalue weighted by atomic mass is 9.95. The van der Waals surface area contributed by atoms with Crippen LogP contribution in [0.25, 0.3) is 5.76 Å². The maximum absolute atomic E-state index is 13.5. The number of ether oxygens (including phenoxy) is 3. The van der Waals surface area contributed by atoms with Gasteiger partial charge in [0.05, 0.1) is 38.1 Å². The van der Waals surface area contributed by atoms with E-state index in [1.807, 2.05) is 25.1 Å². The van der Waals surface area contributed by atoms with E-state index in [1.54, 1.807) is 54.6 Å². The van der Waals surface area contributed by atoms with Crippen LogP contribution in [-0.4, -0.2) is 35.4 Å². The predicted octanol–water partition coefficient (Wildman–Crippen LogP) is 6.98. The summed E-state index contributed by atoms with van der Waals surface area (Å²) in [4.78, 5) is 28.2. The first-order valence-electron chi connectivity index (χ1n) is 14.3. The van der Waals surface area contributed by atoms with Crippen LogP contribution in [0.5, 0.6) is 17.2 Å². The number of ketones is 1. The Kier molecular flexibility index (Phi) is 9.15. The SMILES string of the molecule is CCCCOc1ccc(C2/C(=C(\O)c3ccc(OCc4cccc(C)c4)cc3)C(=O)C(=O)N2Cc2ccco2)cc1OC. The molecule has 1 aromatic heterocycles. The molecule has 3 aromatic carbocycles. The van der Waals surface area contributed by atoms with E-state index in [0.29, 0.717) is 47.3 Å². The fourth-order valence-corrected chi connectivity index (χ4v) is 5.09. The molecule has 0 spiro atoms.